The molecule has 0 unspecified atom stereocenters. The highest BCUT2D eigenvalue weighted by molar-refractivity contribution is 6.30. The van der Waals surface area contributed by atoms with E-state index in [1.165, 1.54) is 17.0 Å². The van der Waals surface area contributed by atoms with E-state index < -0.39 is 23.7 Å². The van der Waals surface area contributed by atoms with Crippen LogP contribution in [0.3, 0.4) is 0 Å². The van der Waals surface area contributed by atoms with Gasteiger partial charge in [0, 0.05) is 10.6 Å². The van der Waals surface area contributed by atoms with Gasteiger partial charge in [0.2, 0.25) is 5.91 Å². The second-order valence-electron chi connectivity index (χ2n) is 7.47. The minimum atomic E-state index is -4.58. The number of amides is 2. The first-order valence-electron chi connectivity index (χ1n) is 9.82. The number of para-hydroxylation sites is 2. The highest BCUT2D eigenvalue weighted by Crippen LogP contribution is 2.38. The van der Waals surface area contributed by atoms with Crippen molar-refractivity contribution in [3.63, 3.8) is 0 Å². The monoisotopic (exact) mass is 458 g/mol. The van der Waals surface area contributed by atoms with Gasteiger partial charge in [-0.15, -0.1) is 0 Å². The first-order chi connectivity index (χ1) is 15.2. The standard InChI is InChI=1S/C24H18ClF3N2O2/c1-15-22(31)29(14-16-6-4-9-19(25)12-16)20-10-2-3-11-21(20)30(15)23(32)17-7-5-8-18(13-17)24(26,27)28/h2-13,15H,14H2,1H3/t15-/m0/s1. The third kappa shape index (κ3) is 4.08. The molecule has 4 nitrogen and oxygen atoms in total. The normalized spacial score (nSPS) is 16.2. The predicted octanol–water partition coefficient (Wildman–Crippen LogP) is 5.94. The van der Waals surface area contributed by atoms with Gasteiger partial charge in [0.05, 0.1) is 23.5 Å². The zero-order valence-electron chi connectivity index (χ0n) is 16.9. The van der Waals surface area contributed by atoms with Gasteiger partial charge in [-0.25, -0.2) is 0 Å². The maximum absolute atomic E-state index is 13.3. The van der Waals surface area contributed by atoms with Crippen molar-refractivity contribution in [2.75, 3.05) is 9.80 Å². The van der Waals surface area contributed by atoms with E-state index in [9.17, 15) is 22.8 Å². The van der Waals surface area contributed by atoms with Crippen molar-refractivity contribution < 1.29 is 22.8 Å². The number of carbonyl (C=O) groups excluding carboxylic acids is 2. The Morgan fingerprint density at radius 3 is 2.34 bits per heavy atom. The first kappa shape index (κ1) is 21.9. The van der Waals surface area contributed by atoms with Crippen molar-refractivity contribution in [3.8, 4) is 0 Å². The fourth-order valence-electron chi connectivity index (χ4n) is 3.79. The third-order valence-electron chi connectivity index (χ3n) is 5.33. The fraction of sp³-hybridized carbons (Fsp3) is 0.167. The molecule has 3 aromatic carbocycles. The van der Waals surface area contributed by atoms with Crippen molar-refractivity contribution in [1.82, 2.24) is 0 Å². The van der Waals surface area contributed by atoms with Crippen LogP contribution in [-0.2, 0) is 17.5 Å². The zero-order chi connectivity index (χ0) is 23.0. The minimum absolute atomic E-state index is 0.141. The topological polar surface area (TPSA) is 40.6 Å². The Bertz CT molecular complexity index is 1200. The molecule has 0 spiro atoms. The summed E-state index contributed by atoms with van der Waals surface area (Å²) in [5.74, 6) is -1.02. The molecule has 1 aliphatic heterocycles. The summed E-state index contributed by atoms with van der Waals surface area (Å²) in [5.41, 5.74) is 0.693. The highest BCUT2D eigenvalue weighted by atomic mass is 35.5. The Kier molecular flexibility index (Phi) is 5.69. The summed E-state index contributed by atoms with van der Waals surface area (Å²) in [6.45, 7) is 1.81. The summed E-state index contributed by atoms with van der Waals surface area (Å²) >= 11 is 6.07. The Hall–Kier alpha value is -3.32. The second kappa shape index (κ2) is 8.31. The summed E-state index contributed by atoms with van der Waals surface area (Å²) in [6.07, 6.45) is -4.58. The molecule has 0 N–H and O–H groups in total. The number of halogens is 4. The van der Waals surface area contributed by atoms with Crippen LogP contribution < -0.4 is 9.80 Å². The van der Waals surface area contributed by atoms with E-state index in [0.717, 1.165) is 17.7 Å². The van der Waals surface area contributed by atoms with E-state index in [4.69, 9.17) is 11.6 Å². The summed E-state index contributed by atoms with van der Waals surface area (Å²) in [4.78, 5) is 29.4. The van der Waals surface area contributed by atoms with Crippen molar-refractivity contribution in [1.29, 1.82) is 0 Å². The predicted molar refractivity (Wildman–Crippen MR) is 117 cm³/mol. The smallest absolute Gasteiger partial charge is 0.304 e. The Labute approximate surface area is 187 Å². The van der Waals surface area contributed by atoms with Crippen LogP contribution in [0.1, 0.15) is 28.4 Å². The number of alkyl halides is 3. The van der Waals surface area contributed by atoms with Crippen LogP contribution in [0.25, 0.3) is 0 Å². The maximum atomic E-state index is 13.3. The van der Waals surface area contributed by atoms with Gasteiger partial charge in [-0.3, -0.25) is 14.5 Å². The van der Waals surface area contributed by atoms with Crippen LogP contribution >= 0.6 is 11.6 Å². The number of fused-ring (bicyclic) bond motifs is 1. The Morgan fingerprint density at radius 2 is 1.66 bits per heavy atom. The summed E-state index contributed by atoms with van der Waals surface area (Å²) < 4.78 is 39.4. The van der Waals surface area contributed by atoms with Crippen LogP contribution in [0.4, 0.5) is 24.5 Å². The molecule has 4 rings (SSSR count). The number of anilines is 2. The molecule has 0 bridgehead atoms. The van der Waals surface area contributed by atoms with Gasteiger partial charge in [0.1, 0.15) is 6.04 Å². The molecule has 1 heterocycles. The van der Waals surface area contributed by atoms with E-state index >= 15 is 0 Å². The molecule has 8 heteroatoms. The molecule has 32 heavy (non-hydrogen) atoms. The van der Waals surface area contributed by atoms with Crippen molar-refractivity contribution in [2.24, 2.45) is 0 Å². The van der Waals surface area contributed by atoms with Gasteiger partial charge in [-0.1, -0.05) is 41.9 Å². The van der Waals surface area contributed by atoms with Crippen LogP contribution in [0.5, 0.6) is 0 Å². The average molecular weight is 459 g/mol. The number of nitrogens with zero attached hydrogens (tertiary/aromatic N) is 2. The van der Waals surface area contributed by atoms with Crippen LogP contribution in [0.2, 0.25) is 5.02 Å². The molecule has 1 atom stereocenters. The molecule has 0 saturated carbocycles. The number of rotatable bonds is 3. The highest BCUT2D eigenvalue weighted by Gasteiger charge is 2.39. The Balaban J connectivity index is 1.74. The lowest BCUT2D eigenvalue weighted by Crippen LogP contribution is -2.54. The van der Waals surface area contributed by atoms with Gasteiger partial charge in [0.25, 0.3) is 5.91 Å². The lowest BCUT2D eigenvalue weighted by molar-refractivity contribution is -0.137. The fourth-order valence-corrected chi connectivity index (χ4v) is 4.01. The van der Waals surface area contributed by atoms with Crippen LogP contribution in [-0.4, -0.2) is 17.9 Å². The van der Waals surface area contributed by atoms with E-state index in [-0.39, 0.29) is 18.0 Å². The van der Waals surface area contributed by atoms with E-state index in [1.807, 2.05) is 6.07 Å². The molecule has 2 amide bonds. The van der Waals surface area contributed by atoms with E-state index in [2.05, 4.69) is 0 Å². The molecule has 1 aliphatic rings. The Morgan fingerprint density at radius 1 is 0.969 bits per heavy atom. The van der Waals surface area contributed by atoms with E-state index in [1.54, 1.807) is 54.3 Å². The SMILES string of the molecule is C[C@H]1C(=O)N(Cc2cccc(Cl)c2)c2ccccc2N1C(=O)c1cccc(C(F)(F)F)c1. The van der Waals surface area contributed by atoms with Gasteiger partial charge in [-0.05, 0) is 55.0 Å². The lowest BCUT2D eigenvalue weighted by atomic mass is 10.0. The average Bonchev–Trinajstić information content (AvgIpc) is 2.76. The summed E-state index contributed by atoms with van der Waals surface area (Å²) in [5, 5.41) is 0.537. The van der Waals surface area contributed by atoms with Gasteiger partial charge < -0.3 is 4.90 Å². The quantitative estimate of drug-likeness (QED) is 0.487. The van der Waals surface area contributed by atoms with Gasteiger partial charge >= 0.3 is 6.18 Å². The van der Waals surface area contributed by atoms with E-state index in [0.29, 0.717) is 16.4 Å². The number of benzene rings is 3. The van der Waals surface area contributed by atoms with Gasteiger partial charge in [0.15, 0.2) is 0 Å². The molecule has 0 fully saturated rings. The zero-order valence-corrected chi connectivity index (χ0v) is 17.7. The molecule has 0 aliphatic carbocycles. The molecule has 0 aromatic heterocycles. The molecule has 0 saturated heterocycles. The summed E-state index contributed by atoms with van der Waals surface area (Å²) in [7, 11) is 0. The second-order valence-corrected chi connectivity index (χ2v) is 7.91. The molecule has 0 radical (unpaired) electrons. The number of hydrogen-bond acceptors (Lipinski definition) is 2. The van der Waals surface area contributed by atoms with Crippen LogP contribution in [0.15, 0.2) is 72.8 Å². The lowest BCUT2D eigenvalue weighted by Gasteiger charge is -2.40. The van der Waals surface area contributed by atoms with Crippen molar-refractivity contribution in [3.05, 3.63) is 94.5 Å². The van der Waals surface area contributed by atoms with Crippen molar-refractivity contribution >= 4 is 34.8 Å². The molecule has 164 valence electrons. The largest absolute Gasteiger partial charge is 0.416 e. The third-order valence-corrected chi connectivity index (χ3v) is 5.56. The van der Waals surface area contributed by atoms with Gasteiger partial charge in [-0.2, -0.15) is 13.2 Å². The first-order valence-corrected chi connectivity index (χ1v) is 10.2. The molecular weight excluding hydrogens is 441 g/mol. The molecule has 3 aromatic rings. The number of hydrogen-bond donors (Lipinski definition) is 0. The summed E-state index contributed by atoms with van der Waals surface area (Å²) in [6, 6.07) is 17.2. The van der Waals surface area contributed by atoms with Crippen LogP contribution in [0, 0.1) is 0 Å². The maximum Gasteiger partial charge on any atom is 0.416 e. The van der Waals surface area contributed by atoms with Crippen molar-refractivity contribution in [2.45, 2.75) is 25.7 Å². The number of carbonyl (C=O) groups is 2. The minimum Gasteiger partial charge on any atom is -0.304 e. The molecular formula is C24H18ClF3N2O2.